The molecule has 1 unspecified atom stereocenters. The van der Waals surface area contributed by atoms with Crippen LogP contribution in [0.15, 0.2) is 42.7 Å². The van der Waals surface area contributed by atoms with Gasteiger partial charge in [0.2, 0.25) is 0 Å². The minimum absolute atomic E-state index is 0.0352. The number of fused-ring (bicyclic) bond motifs is 3. The number of rotatable bonds is 1. The van der Waals surface area contributed by atoms with Crippen molar-refractivity contribution in [3.05, 3.63) is 64.4 Å². The van der Waals surface area contributed by atoms with Crippen LogP contribution in [-0.4, -0.2) is 28.9 Å². The van der Waals surface area contributed by atoms with Crippen molar-refractivity contribution in [2.45, 2.75) is 5.66 Å². The fraction of sp³-hybridized carbons (Fsp3) is 0.200. The predicted octanol–water partition coefficient (Wildman–Crippen LogP) is 2.00. The van der Waals surface area contributed by atoms with E-state index in [-0.39, 0.29) is 5.91 Å². The Balaban J connectivity index is 1.99. The summed E-state index contributed by atoms with van der Waals surface area (Å²) < 4.78 is 0. The van der Waals surface area contributed by atoms with Crippen molar-refractivity contribution >= 4 is 17.5 Å². The van der Waals surface area contributed by atoms with Gasteiger partial charge in [-0.05, 0) is 23.8 Å². The normalized spacial score (nSPS) is 23.9. The van der Waals surface area contributed by atoms with Crippen molar-refractivity contribution in [1.82, 2.24) is 15.2 Å². The number of carbonyl (C=O) groups is 1. The van der Waals surface area contributed by atoms with Crippen LogP contribution in [0.3, 0.4) is 0 Å². The van der Waals surface area contributed by atoms with Gasteiger partial charge < -0.3 is 4.90 Å². The van der Waals surface area contributed by atoms with E-state index in [1.54, 1.807) is 12.4 Å². The molecule has 1 aromatic carbocycles. The molecule has 1 amide bonds. The minimum Gasteiger partial charge on any atom is -0.311 e. The Hall–Kier alpha value is -1.91. The molecule has 20 heavy (non-hydrogen) atoms. The second-order valence-electron chi connectivity index (χ2n) is 5.02. The van der Waals surface area contributed by atoms with Crippen molar-refractivity contribution in [1.29, 1.82) is 0 Å². The number of benzene rings is 1. The lowest BCUT2D eigenvalue weighted by Gasteiger charge is -2.33. The lowest BCUT2D eigenvalue weighted by atomic mass is 9.92. The predicted molar refractivity (Wildman–Crippen MR) is 75.5 cm³/mol. The molecule has 0 bridgehead atoms. The molecule has 1 saturated heterocycles. The second-order valence-corrected chi connectivity index (χ2v) is 5.46. The zero-order valence-electron chi connectivity index (χ0n) is 10.6. The fourth-order valence-corrected chi connectivity index (χ4v) is 3.36. The van der Waals surface area contributed by atoms with Crippen LogP contribution in [0.1, 0.15) is 21.5 Å². The standard InChI is InChI=1S/C15H12ClN3O/c16-11-3-1-10(2-4-11)15-13-5-6-17-9-12(13)14(20)19(15)8-7-18-15/h1-6,9,18H,7-8H2. The van der Waals surface area contributed by atoms with Gasteiger partial charge in [0, 0.05) is 36.1 Å². The Morgan fingerprint density at radius 1 is 1.25 bits per heavy atom. The quantitative estimate of drug-likeness (QED) is 0.872. The highest BCUT2D eigenvalue weighted by molar-refractivity contribution is 6.30. The number of hydrogen-bond acceptors (Lipinski definition) is 3. The third-order valence-corrected chi connectivity index (χ3v) is 4.32. The van der Waals surface area contributed by atoms with Gasteiger partial charge in [-0.3, -0.25) is 15.1 Å². The highest BCUT2D eigenvalue weighted by atomic mass is 35.5. The van der Waals surface area contributed by atoms with Crippen LogP contribution < -0.4 is 5.32 Å². The van der Waals surface area contributed by atoms with Crippen molar-refractivity contribution < 1.29 is 4.79 Å². The van der Waals surface area contributed by atoms with Gasteiger partial charge in [0.05, 0.1) is 5.56 Å². The molecule has 0 aliphatic carbocycles. The van der Waals surface area contributed by atoms with E-state index in [4.69, 9.17) is 11.6 Å². The Morgan fingerprint density at radius 2 is 2.05 bits per heavy atom. The number of nitrogens with zero attached hydrogens (tertiary/aromatic N) is 2. The molecule has 100 valence electrons. The highest BCUT2D eigenvalue weighted by Crippen LogP contribution is 2.43. The summed E-state index contributed by atoms with van der Waals surface area (Å²) in [6, 6.07) is 9.56. The lowest BCUT2D eigenvalue weighted by molar-refractivity contribution is 0.0694. The van der Waals surface area contributed by atoms with E-state index in [1.807, 2.05) is 35.2 Å². The smallest absolute Gasteiger partial charge is 0.257 e. The van der Waals surface area contributed by atoms with E-state index in [0.29, 0.717) is 17.1 Å². The number of carbonyl (C=O) groups excluding carboxylic acids is 1. The molecule has 5 heteroatoms. The average molecular weight is 286 g/mol. The SMILES string of the molecule is O=C1c2cnccc2C2(c3ccc(Cl)cc3)NCCN12. The summed E-state index contributed by atoms with van der Waals surface area (Å²) in [5.74, 6) is 0.0352. The maximum Gasteiger partial charge on any atom is 0.257 e. The topological polar surface area (TPSA) is 45.2 Å². The summed E-state index contributed by atoms with van der Waals surface area (Å²) in [7, 11) is 0. The van der Waals surface area contributed by atoms with Crippen LogP contribution in [0, 0.1) is 0 Å². The van der Waals surface area contributed by atoms with Crippen molar-refractivity contribution in [2.24, 2.45) is 0 Å². The maximum atomic E-state index is 12.5. The Bertz CT molecular complexity index is 701. The lowest BCUT2D eigenvalue weighted by Crippen LogP contribution is -2.46. The summed E-state index contributed by atoms with van der Waals surface area (Å²) in [5, 5.41) is 4.18. The van der Waals surface area contributed by atoms with Crippen LogP contribution in [-0.2, 0) is 5.66 Å². The third-order valence-electron chi connectivity index (χ3n) is 4.07. The van der Waals surface area contributed by atoms with Gasteiger partial charge in [-0.15, -0.1) is 0 Å². The molecule has 4 nitrogen and oxygen atoms in total. The van der Waals surface area contributed by atoms with Crippen LogP contribution in [0.2, 0.25) is 5.02 Å². The van der Waals surface area contributed by atoms with Crippen molar-refractivity contribution in [2.75, 3.05) is 13.1 Å². The second kappa shape index (κ2) is 4.04. The van der Waals surface area contributed by atoms with E-state index < -0.39 is 5.66 Å². The average Bonchev–Trinajstić information content (AvgIpc) is 3.01. The Kier molecular flexibility index (Phi) is 2.40. The van der Waals surface area contributed by atoms with Crippen LogP contribution >= 0.6 is 11.6 Å². The zero-order valence-corrected chi connectivity index (χ0v) is 11.4. The fourth-order valence-electron chi connectivity index (χ4n) is 3.24. The summed E-state index contributed by atoms with van der Waals surface area (Å²) in [4.78, 5) is 18.5. The van der Waals surface area contributed by atoms with Crippen molar-refractivity contribution in [3.63, 3.8) is 0 Å². The molecule has 1 N–H and O–H groups in total. The molecular weight excluding hydrogens is 274 g/mol. The number of nitrogens with one attached hydrogen (secondary N) is 1. The monoisotopic (exact) mass is 285 g/mol. The van der Waals surface area contributed by atoms with E-state index >= 15 is 0 Å². The largest absolute Gasteiger partial charge is 0.311 e. The maximum absolute atomic E-state index is 12.5. The van der Waals surface area contributed by atoms with Gasteiger partial charge in [-0.1, -0.05) is 23.7 Å². The molecule has 2 aliphatic rings. The molecule has 0 spiro atoms. The Morgan fingerprint density at radius 3 is 2.85 bits per heavy atom. The third kappa shape index (κ3) is 1.35. The highest BCUT2D eigenvalue weighted by Gasteiger charge is 2.53. The van der Waals surface area contributed by atoms with Crippen LogP contribution in [0.5, 0.6) is 0 Å². The van der Waals surface area contributed by atoms with Gasteiger partial charge in [-0.2, -0.15) is 0 Å². The molecule has 4 rings (SSSR count). The van der Waals surface area contributed by atoms with E-state index in [0.717, 1.165) is 17.7 Å². The van der Waals surface area contributed by atoms with Gasteiger partial charge in [0.1, 0.15) is 5.66 Å². The zero-order chi connectivity index (χ0) is 13.7. The molecule has 3 heterocycles. The van der Waals surface area contributed by atoms with E-state index in [1.165, 1.54) is 0 Å². The van der Waals surface area contributed by atoms with Gasteiger partial charge in [-0.25, -0.2) is 0 Å². The van der Waals surface area contributed by atoms with E-state index in [2.05, 4.69) is 10.3 Å². The number of hydrogen-bond donors (Lipinski definition) is 1. The molecule has 2 aliphatic heterocycles. The summed E-state index contributed by atoms with van der Waals surface area (Å²) in [6.45, 7) is 1.46. The van der Waals surface area contributed by atoms with Gasteiger partial charge >= 0.3 is 0 Å². The molecule has 2 aromatic rings. The number of pyridine rings is 1. The molecular formula is C15H12ClN3O. The van der Waals surface area contributed by atoms with Gasteiger partial charge in [0.15, 0.2) is 0 Å². The van der Waals surface area contributed by atoms with E-state index in [9.17, 15) is 4.79 Å². The molecule has 1 fully saturated rings. The first-order valence-electron chi connectivity index (χ1n) is 6.51. The summed E-state index contributed by atoms with van der Waals surface area (Å²) in [6.07, 6.45) is 3.38. The van der Waals surface area contributed by atoms with Gasteiger partial charge in [0.25, 0.3) is 5.91 Å². The first-order valence-corrected chi connectivity index (χ1v) is 6.89. The van der Waals surface area contributed by atoms with Crippen molar-refractivity contribution in [3.8, 4) is 0 Å². The van der Waals surface area contributed by atoms with Crippen LogP contribution in [0.25, 0.3) is 0 Å². The molecule has 1 atom stereocenters. The number of amides is 1. The summed E-state index contributed by atoms with van der Waals surface area (Å²) >= 11 is 5.98. The summed E-state index contributed by atoms with van der Waals surface area (Å²) in [5.41, 5.74) is 2.10. The first kappa shape index (κ1) is 11.9. The first-order chi connectivity index (χ1) is 9.73. The molecule has 1 aromatic heterocycles. The number of aromatic nitrogens is 1. The number of halogens is 1. The molecule has 0 radical (unpaired) electrons. The Labute approximate surface area is 121 Å². The molecule has 0 saturated carbocycles. The minimum atomic E-state index is -0.569. The van der Waals surface area contributed by atoms with Crippen LogP contribution in [0.4, 0.5) is 0 Å².